The van der Waals surface area contributed by atoms with Gasteiger partial charge in [-0.05, 0) is 80.0 Å². The Labute approximate surface area is 206 Å². The highest BCUT2D eigenvalue weighted by atomic mass is 35.5. The zero-order valence-corrected chi connectivity index (χ0v) is 20.9. The van der Waals surface area contributed by atoms with E-state index in [0.29, 0.717) is 17.0 Å². The molecule has 0 radical (unpaired) electrons. The quantitative estimate of drug-likeness (QED) is 0.494. The van der Waals surface area contributed by atoms with E-state index >= 15 is 0 Å². The summed E-state index contributed by atoms with van der Waals surface area (Å²) in [4.78, 5) is 17.8. The van der Waals surface area contributed by atoms with Crippen LogP contribution in [0.5, 0.6) is 0 Å². The highest BCUT2D eigenvalue weighted by Gasteiger charge is 2.39. The van der Waals surface area contributed by atoms with Crippen molar-refractivity contribution in [1.82, 2.24) is 9.80 Å². The van der Waals surface area contributed by atoms with Gasteiger partial charge in [-0.1, -0.05) is 48.0 Å². The highest BCUT2D eigenvalue weighted by Crippen LogP contribution is 2.40. The van der Waals surface area contributed by atoms with Crippen molar-refractivity contribution in [2.45, 2.75) is 44.2 Å². The Kier molecular flexibility index (Phi) is 7.27. The lowest BCUT2D eigenvalue weighted by molar-refractivity contribution is -0.133. The van der Waals surface area contributed by atoms with E-state index in [0.717, 1.165) is 47.8 Å². The molecule has 0 saturated carbocycles. The fourth-order valence-electron chi connectivity index (χ4n) is 5.14. The first-order valence-electron chi connectivity index (χ1n) is 11.9. The standard InChI is InChI=1S/C28H33ClFN3O/c1-19(25-16-23(29)14-20-6-4-5-7-24(20)25)33(3)27(34)17-28(10-12-32(2)13-11-28)22-9-8-21(18-31)26(30)15-22/h4-9,14-16,19H,10-13,17-18,31H2,1-3H3. The lowest BCUT2D eigenvalue weighted by Crippen LogP contribution is -2.44. The Balaban J connectivity index is 1.64. The summed E-state index contributed by atoms with van der Waals surface area (Å²) in [6.45, 7) is 3.93. The summed E-state index contributed by atoms with van der Waals surface area (Å²) in [5.41, 5.74) is 7.68. The molecule has 3 aromatic carbocycles. The van der Waals surface area contributed by atoms with Gasteiger partial charge in [-0.3, -0.25) is 4.79 Å². The molecule has 180 valence electrons. The van der Waals surface area contributed by atoms with Crippen molar-refractivity contribution in [3.8, 4) is 0 Å². The molecule has 1 amide bonds. The van der Waals surface area contributed by atoms with E-state index in [4.69, 9.17) is 17.3 Å². The predicted molar refractivity (Wildman–Crippen MR) is 137 cm³/mol. The second kappa shape index (κ2) is 10.0. The third-order valence-corrected chi connectivity index (χ3v) is 7.82. The van der Waals surface area contributed by atoms with Crippen molar-refractivity contribution in [3.05, 3.63) is 82.1 Å². The minimum absolute atomic E-state index is 0.0458. The summed E-state index contributed by atoms with van der Waals surface area (Å²) >= 11 is 6.41. The Morgan fingerprint density at radius 2 is 1.88 bits per heavy atom. The van der Waals surface area contributed by atoms with Gasteiger partial charge >= 0.3 is 0 Å². The Morgan fingerprint density at radius 1 is 1.18 bits per heavy atom. The Bertz CT molecular complexity index is 1190. The summed E-state index contributed by atoms with van der Waals surface area (Å²) < 4.78 is 14.7. The molecule has 0 aliphatic carbocycles. The first kappa shape index (κ1) is 24.6. The monoisotopic (exact) mass is 481 g/mol. The number of carbonyl (C=O) groups is 1. The number of nitrogens with two attached hydrogens (primary N) is 1. The number of piperidine rings is 1. The topological polar surface area (TPSA) is 49.6 Å². The number of rotatable bonds is 6. The number of fused-ring (bicyclic) bond motifs is 1. The SMILES string of the molecule is CC(c1cc(Cl)cc2ccccc12)N(C)C(=O)CC1(c2ccc(CN)c(F)c2)CCN(C)CC1. The zero-order valence-electron chi connectivity index (χ0n) is 20.2. The second-order valence-electron chi connectivity index (χ2n) is 9.67. The number of likely N-dealkylation sites (tertiary alicyclic amines) is 1. The minimum atomic E-state index is -0.401. The van der Waals surface area contributed by atoms with Crippen molar-refractivity contribution < 1.29 is 9.18 Å². The van der Waals surface area contributed by atoms with Crippen LogP contribution in [0.25, 0.3) is 10.8 Å². The number of hydrogen-bond donors (Lipinski definition) is 1. The molecule has 0 bridgehead atoms. The van der Waals surface area contributed by atoms with Crippen molar-refractivity contribution >= 4 is 28.3 Å². The fourth-order valence-corrected chi connectivity index (χ4v) is 5.38. The van der Waals surface area contributed by atoms with Gasteiger partial charge in [-0.15, -0.1) is 0 Å². The van der Waals surface area contributed by atoms with E-state index in [1.165, 1.54) is 0 Å². The van der Waals surface area contributed by atoms with Crippen LogP contribution >= 0.6 is 11.6 Å². The number of nitrogens with zero attached hydrogens (tertiary/aromatic N) is 2. The maximum absolute atomic E-state index is 14.7. The molecule has 1 aliphatic heterocycles. The molecular weight excluding hydrogens is 449 g/mol. The van der Waals surface area contributed by atoms with Gasteiger partial charge in [0, 0.05) is 36.0 Å². The predicted octanol–water partition coefficient (Wildman–Crippen LogP) is 5.66. The van der Waals surface area contributed by atoms with Gasteiger partial charge in [0.15, 0.2) is 0 Å². The van der Waals surface area contributed by atoms with E-state index in [1.54, 1.807) is 12.1 Å². The maximum Gasteiger partial charge on any atom is 0.223 e. The number of amides is 1. The van der Waals surface area contributed by atoms with Gasteiger partial charge in [-0.25, -0.2) is 4.39 Å². The number of halogens is 2. The summed E-state index contributed by atoms with van der Waals surface area (Å²) in [6, 6.07) is 17.1. The number of carbonyl (C=O) groups excluding carboxylic acids is 1. The largest absolute Gasteiger partial charge is 0.339 e. The fraction of sp³-hybridized carbons (Fsp3) is 0.393. The molecule has 4 rings (SSSR count). The minimum Gasteiger partial charge on any atom is -0.339 e. The maximum atomic E-state index is 14.7. The van der Waals surface area contributed by atoms with Crippen LogP contribution < -0.4 is 5.73 Å². The Morgan fingerprint density at radius 3 is 2.56 bits per heavy atom. The van der Waals surface area contributed by atoms with Crippen LogP contribution in [0.3, 0.4) is 0 Å². The smallest absolute Gasteiger partial charge is 0.223 e. The molecule has 6 heteroatoms. The van der Waals surface area contributed by atoms with Crippen molar-refractivity contribution in [3.63, 3.8) is 0 Å². The van der Waals surface area contributed by atoms with Crippen molar-refractivity contribution in [1.29, 1.82) is 0 Å². The van der Waals surface area contributed by atoms with Gasteiger partial charge in [0.05, 0.1) is 6.04 Å². The third-order valence-electron chi connectivity index (χ3n) is 7.60. The van der Waals surface area contributed by atoms with Crippen LogP contribution in [0, 0.1) is 5.82 Å². The molecule has 0 aromatic heterocycles. The van der Waals surface area contributed by atoms with Gasteiger partial charge in [-0.2, -0.15) is 0 Å². The molecule has 1 fully saturated rings. The summed E-state index contributed by atoms with van der Waals surface area (Å²) in [5, 5.41) is 2.80. The van der Waals surface area contributed by atoms with Crippen molar-refractivity contribution in [2.24, 2.45) is 5.73 Å². The summed E-state index contributed by atoms with van der Waals surface area (Å²) in [5.74, 6) is -0.248. The summed E-state index contributed by atoms with van der Waals surface area (Å²) in [6.07, 6.45) is 1.94. The Hall–Kier alpha value is -2.47. The molecular formula is C28H33ClFN3O. The highest BCUT2D eigenvalue weighted by molar-refractivity contribution is 6.31. The van der Waals surface area contributed by atoms with E-state index in [9.17, 15) is 9.18 Å². The summed E-state index contributed by atoms with van der Waals surface area (Å²) in [7, 11) is 3.94. The van der Waals surface area contributed by atoms with Crippen LogP contribution in [0.4, 0.5) is 4.39 Å². The second-order valence-corrected chi connectivity index (χ2v) is 10.1. The van der Waals surface area contributed by atoms with Crippen LogP contribution in [-0.4, -0.2) is 42.9 Å². The van der Waals surface area contributed by atoms with Gasteiger partial charge in [0.2, 0.25) is 5.91 Å². The first-order valence-corrected chi connectivity index (χ1v) is 12.2. The van der Waals surface area contributed by atoms with E-state index in [1.807, 2.05) is 55.3 Å². The number of hydrogen-bond acceptors (Lipinski definition) is 3. The molecule has 2 N–H and O–H groups in total. The van der Waals surface area contributed by atoms with Crippen LogP contribution in [-0.2, 0) is 16.8 Å². The average Bonchev–Trinajstić information content (AvgIpc) is 2.84. The van der Waals surface area contributed by atoms with Gasteiger partial charge in [0.1, 0.15) is 5.82 Å². The van der Waals surface area contributed by atoms with Gasteiger partial charge in [0.25, 0.3) is 0 Å². The molecule has 34 heavy (non-hydrogen) atoms. The van der Waals surface area contributed by atoms with E-state index < -0.39 is 5.41 Å². The zero-order chi connectivity index (χ0) is 24.5. The molecule has 1 aliphatic rings. The number of benzene rings is 3. The van der Waals surface area contributed by atoms with Crippen molar-refractivity contribution in [2.75, 3.05) is 27.2 Å². The molecule has 1 unspecified atom stereocenters. The van der Waals surface area contributed by atoms with Crippen LogP contribution in [0.2, 0.25) is 5.02 Å². The molecule has 0 spiro atoms. The normalized spacial score (nSPS) is 17.0. The lowest BCUT2D eigenvalue weighted by atomic mass is 9.70. The molecule has 1 heterocycles. The van der Waals surface area contributed by atoms with Crippen LogP contribution in [0.1, 0.15) is 48.9 Å². The van der Waals surface area contributed by atoms with Crippen LogP contribution in [0.15, 0.2) is 54.6 Å². The van der Waals surface area contributed by atoms with E-state index in [-0.39, 0.29) is 24.3 Å². The molecule has 4 nitrogen and oxygen atoms in total. The molecule has 1 saturated heterocycles. The average molecular weight is 482 g/mol. The molecule has 1 atom stereocenters. The lowest BCUT2D eigenvalue weighted by Gasteiger charge is -2.42. The molecule has 3 aromatic rings. The third kappa shape index (κ3) is 4.83. The first-order chi connectivity index (χ1) is 16.2. The van der Waals surface area contributed by atoms with Gasteiger partial charge < -0.3 is 15.5 Å². The van der Waals surface area contributed by atoms with E-state index in [2.05, 4.69) is 18.0 Å².